The Hall–Kier alpha value is -2.47. The molecular weight excluding hydrogens is 459 g/mol. The van der Waals surface area contributed by atoms with Crippen LogP contribution in [0.1, 0.15) is 31.2 Å². The van der Waals surface area contributed by atoms with E-state index in [1.165, 1.54) is 5.32 Å². The molecule has 180 valence electrons. The van der Waals surface area contributed by atoms with Crippen LogP contribution in [0.2, 0.25) is 0 Å². The number of amides is 2. The predicted molar refractivity (Wildman–Crippen MR) is 93.4 cm³/mol. The van der Waals surface area contributed by atoms with Crippen molar-refractivity contribution in [3.05, 3.63) is 35.9 Å². The highest BCUT2D eigenvalue weighted by molar-refractivity contribution is 5.85. The molecule has 1 aliphatic carbocycles. The molecule has 2 rings (SSSR count). The van der Waals surface area contributed by atoms with Crippen molar-refractivity contribution in [3.63, 3.8) is 0 Å². The second-order valence-corrected chi connectivity index (χ2v) is 7.42. The fourth-order valence-corrected chi connectivity index (χ4v) is 3.29. The average Bonchev–Trinajstić information content (AvgIpc) is 2.69. The molecule has 2 atom stereocenters. The van der Waals surface area contributed by atoms with E-state index in [9.17, 15) is 49.1 Å². The predicted octanol–water partition coefficient (Wildman–Crippen LogP) is 4.24. The number of carbonyl (C=O) groups is 2. The van der Waals surface area contributed by atoms with Crippen LogP contribution < -0.4 is 10.6 Å². The second-order valence-electron chi connectivity index (χ2n) is 7.42. The van der Waals surface area contributed by atoms with Crippen molar-refractivity contribution in [2.75, 3.05) is 0 Å². The van der Waals surface area contributed by atoms with Crippen LogP contribution in [0.25, 0.3) is 0 Å². The molecule has 0 unspecified atom stereocenters. The number of halogens is 9. The maximum absolute atomic E-state index is 13.8. The SMILES string of the molecule is O=C(Cc1ccccc1)N[C@@H]1CCCC[C@H]1NC(=O)C(F)(F)C(F)(F)C(F)(F)C(F)(F)F. The van der Waals surface area contributed by atoms with E-state index in [0.717, 1.165) is 0 Å². The molecule has 0 spiro atoms. The lowest BCUT2D eigenvalue weighted by Gasteiger charge is -2.36. The third-order valence-corrected chi connectivity index (χ3v) is 5.07. The van der Waals surface area contributed by atoms with E-state index in [2.05, 4.69) is 5.32 Å². The van der Waals surface area contributed by atoms with Gasteiger partial charge in [-0.2, -0.15) is 39.5 Å². The van der Waals surface area contributed by atoms with Crippen LogP contribution >= 0.6 is 0 Å². The minimum absolute atomic E-state index is 0.0840. The van der Waals surface area contributed by atoms with Gasteiger partial charge >= 0.3 is 23.9 Å². The summed E-state index contributed by atoms with van der Waals surface area (Å²) < 4.78 is 117. The molecule has 0 aliphatic heterocycles. The Morgan fingerprint density at radius 1 is 0.781 bits per heavy atom. The first-order valence-electron chi connectivity index (χ1n) is 9.45. The van der Waals surface area contributed by atoms with Gasteiger partial charge in [-0.05, 0) is 18.4 Å². The standard InChI is InChI=1S/C19H19F9N2O2/c20-16(21,17(22,23)18(24,25)19(26,27)28)15(32)30-13-9-5-4-8-12(13)29-14(31)10-11-6-2-1-3-7-11/h1-3,6-7,12-13H,4-5,8-10H2,(H,29,31)(H,30,32)/t12-,13-/m1/s1. The van der Waals surface area contributed by atoms with E-state index in [1.807, 2.05) is 0 Å². The summed E-state index contributed by atoms with van der Waals surface area (Å²) in [6, 6.07) is 5.91. The van der Waals surface area contributed by atoms with E-state index in [1.54, 1.807) is 30.3 Å². The lowest BCUT2D eigenvalue weighted by atomic mass is 9.89. The van der Waals surface area contributed by atoms with Crippen molar-refractivity contribution >= 4 is 11.8 Å². The molecule has 13 heteroatoms. The Bertz CT molecular complexity index is 813. The van der Waals surface area contributed by atoms with Crippen LogP contribution in [-0.2, 0) is 16.0 Å². The summed E-state index contributed by atoms with van der Waals surface area (Å²) in [6.07, 6.45) is -6.29. The van der Waals surface area contributed by atoms with Crippen LogP contribution in [-0.4, -0.2) is 47.8 Å². The molecule has 2 N–H and O–H groups in total. The Labute approximate surface area is 176 Å². The van der Waals surface area contributed by atoms with E-state index < -0.39 is 47.8 Å². The quantitative estimate of drug-likeness (QED) is 0.577. The normalized spacial score (nSPS) is 20.5. The number of carbonyl (C=O) groups excluding carboxylic acids is 2. The largest absolute Gasteiger partial charge is 0.460 e. The van der Waals surface area contributed by atoms with Crippen LogP contribution in [0.4, 0.5) is 39.5 Å². The highest BCUT2D eigenvalue weighted by Crippen LogP contribution is 2.53. The minimum Gasteiger partial charge on any atom is -0.351 e. The van der Waals surface area contributed by atoms with Crippen molar-refractivity contribution in [3.8, 4) is 0 Å². The summed E-state index contributed by atoms with van der Waals surface area (Å²) >= 11 is 0. The fraction of sp³-hybridized carbons (Fsp3) is 0.579. The lowest BCUT2D eigenvalue weighted by molar-refractivity contribution is -0.388. The van der Waals surface area contributed by atoms with Gasteiger partial charge in [-0.3, -0.25) is 9.59 Å². The number of nitrogens with one attached hydrogen (secondary N) is 2. The van der Waals surface area contributed by atoms with E-state index in [-0.39, 0.29) is 19.3 Å². The number of hydrogen-bond donors (Lipinski definition) is 2. The zero-order chi connectivity index (χ0) is 24.4. The Morgan fingerprint density at radius 2 is 1.28 bits per heavy atom. The van der Waals surface area contributed by atoms with Crippen molar-refractivity contribution in [1.82, 2.24) is 10.6 Å². The first-order chi connectivity index (χ1) is 14.6. The van der Waals surface area contributed by atoms with Gasteiger partial charge in [-0.25, -0.2) is 0 Å². The van der Waals surface area contributed by atoms with Crippen LogP contribution in [0.15, 0.2) is 30.3 Å². The van der Waals surface area contributed by atoms with Gasteiger partial charge < -0.3 is 10.6 Å². The minimum atomic E-state index is -7.16. The molecule has 1 fully saturated rings. The molecule has 1 saturated carbocycles. The zero-order valence-electron chi connectivity index (χ0n) is 16.3. The molecule has 1 aromatic rings. The molecule has 4 nitrogen and oxygen atoms in total. The molecule has 0 bridgehead atoms. The van der Waals surface area contributed by atoms with Gasteiger partial charge in [0, 0.05) is 12.1 Å². The van der Waals surface area contributed by atoms with Crippen LogP contribution in [0.3, 0.4) is 0 Å². The number of hydrogen-bond acceptors (Lipinski definition) is 2. The molecule has 32 heavy (non-hydrogen) atoms. The zero-order valence-corrected chi connectivity index (χ0v) is 16.3. The first-order valence-corrected chi connectivity index (χ1v) is 9.45. The summed E-state index contributed by atoms with van der Waals surface area (Å²) in [7, 11) is 0. The van der Waals surface area contributed by atoms with Crippen molar-refractivity contribution in [1.29, 1.82) is 0 Å². The molecule has 0 radical (unpaired) electrons. The highest BCUT2D eigenvalue weighted by atomic mass is 19.4. The summed E-state index contributed by atoms with van der Waals surface area (Å²) in [5.74, 6) is -24.1. The van der Waals surface area contributed by atoms with Gasteiger partial charge in [0.1, 0.15) is 0 Å². The maximum atomic E-state index is 13.8. The lowest BCUT2D eigenvalue weighted by Crippen LogP contribution is -2.67. The van der Waals surface area contributed by atoms with Gasteiger partial charge in [0.05, 0.1) is 6.42 Å². The fourth-order valence-electron chi connectivity index (χ4n) is 3.29. The average molecular weight is 478 g/mol. The Kier molecular flexibility index (Phi) is 7.40. The summed E-state index contributed by atoms with van der Waals surface area (Å²) in [6.45, 7) is 0. The smallest absolute Gasteiger partial charge is 0.351 e. The third-order valence-electron chi connectivity index (χ3n) is 5.07. The van der Waals surface area contributed by atoms with E-state index in [4.69, 9.17) is 0 Å². The molecule has 0 saturated heterocycles. The van der Waals surface area contributed by atoms with Gasteiger partial charge in [-0.15, -0.1) is 0 Å². The summed E-state index contributed by atoms with van der Waals surface area (Å²) in [5, 5.41) is 3.88. The summed E-state index contributed by atoms with van der Waals surface area (Å²) in [5.41, 5.74) is 0.599. The van der Waals surface area contributed by atoms with Crippen molar-refractivity contribution < 1.29 is 49.1 Å². The Morgan fingerprint density at radius 3 is 1.78 bits per heavy atom. The Balaban J connectivity index is 2.12. The first kappa shape index (κ1) is 25.8. The van der Waals surface area contributed by atoms with Crippen molar-refractivity contribution in [2.24, 2.45) is 0 Å². The van der Waals surface area contributed by atoms with E-state index >= 15 is 0 Å². The van der Waals surface area contributed by atoms with Crippen LogP contribution in [0, 0.1) is 0 Å². The maximum Gasteiger partial charge on any atom is 0.460 e. The van der Waals surface area contributed by atoms with Gasteiger partial charge in [0.25, 0.3) is 5.91 Å². The van der Waals surface area contributed by atoms with Gasteiger partial charge in [-0.1, -0.05) is 43.2 Å². The highest BCUT2D eigenvalue weighted by Gasteiger charge is 2.83. The van der Waals surface area contributed by atoms with E-state index in [0.29, 0.717) is 18.4 Å². The summed E-state index contributed by atoms with van der Waals surface area (Å²) in [4.78, 5) is 23.9. The molecule has 0 heterocycles. The van der Waals surface area contributed by atoms with Crippen molar-refractivity contribution in [2.45, 2.75) is 68.1 Å². The number of alkyl halides is 9. The molecular formula is C19H19F9N2O2. The molecule has 2 amide bonds. The number of benzene rings is 1. The topological polar surface area (TPSA) is 58.2 Å². The monoisotopic (exact) mass is 478 g/mol. The third kappa shape index (κ3) is 5.12. The molecule has 1 aliphatic rings. The van der Waals surface area contributed by atoms with Crippen LogP contribution in [0.5, 0.6) is 0 Å². The van der Waals surface area contributed by atoms with Gasteiger partial charge in [0.15, 0.2) is 0 Å². The molecule has 1 aromatic carbocycles. The molecule has 0 aromatic heterocycles. The second kappa shape index (κ2) is 9.18. The number of rotatable bonds is 7. The van der Waals surface area contributed by atoms with Gasteiger partial charge in [0.2, 0.25) is 5.91 Å².